The number of anilines is 1. The second kappa shape index (κ2) is 7.98. The maximum Gasteiger partial charge on any atom is 0.239 e. The molecule has 0 radical (unpaired) electrons. The standard InChI is InChI=1S/C13H18Cl2N2O3S/c1-3-4-8-17(21(2,19)20)9-12(18)16-11-7-5-6-10(14)13(11)15/h5-7H,3-4,8-9H2,1-2H3,(H,16,18). The number of unbranched alkanes of at least 4 members (excludes halogenated alkanes) is 1. The van der Waals surface area contributed by atoms with Gasteiger partial charge in [0.25, 0.3) is 0 Å². The highest BCUT2D eigenvalue weighted by Crippen LogP contribution is 2.29. The topological polar surface area (TPSA) is 66.5 Å². The van der Waals surface area contributed by atoms with E-state index in [-0.39, 0.29) is 11.6 Å². The summed E-state index contributed by atoms with van der Waals surface area (Å²) in [6.07, 6.45) is 2.62. The van der Waals surface area contributed by atoms with Gasteiger partial charge < -0.3 is 5.32 Å². The van der Waals surface area contributed by atoms with Crippen LogP contribution < -0.4 is 5.32 Å². The van der Waals surface area contributed by atoms with E-state index in [9.17, 15) is 13.2 Å². The molecule has 1 rings (SSSR count). The van der Waals surface area contributed by atoms with Crippen molar-refractivity contribution >= 4 is 44.8 Å². The third-order valence-corrected chi connectivity index (χ3v) is 4.84. The first-order valence-corrected chi connectivity index (χ1v) is 9.05. The molecule has 118 valence electrons. The number of carbonyl (C=O) groups excluding carboxylic acids is 1. The van der Waals surface area contributed by atoms with Crippen LogP contribution in [0.15, 0.2) is 18.2 Å². The van der Waals surface area contributed by atoms with E-state index >= 15 is 0 Å². The summed E-state index contributed by atoms with van der Waals surface area (Å²) >= 11 is 11.8. The van der Waals surface area contributed by atoms with Crippen molar-refractivity contribution in [3.63, 3.8) is 0 Å². The quantitative estimate of drug-likeness (QED) is 0.820. The summed E-state index contributed by atoms with van der Waals surface area (Å²) in [5.74, 6) is -0.458. The Balaban J connectivity index is 2.76. The van der Waals surface area contributed by atoms with Gasteiger partial charge in [0.05, 0.1) is 28.5 Å². The number of halogens is 2. The lowest BCUT2D eigenvalue weighted by Crippen LogP contribution is -2.38. The molecule has 0 aromatic heterocycles. The SMILES string of the molecule is CCCCN(CC(=O)Nc1cccc(Cl)c1Cl)S(C)(=O)=O. The summed E-state index contributed by atoms with van der Waals surface area (Å²) in [7, 11) is -3.43. The summed E-state index contributed by atoms with van der Waals surface area (Å²) in [6, 6.07) is 4.85. The molecule has 0 aliphatic rings. The average molecular weight is 353 g/mol. The third kappa shape index (κ3) is 5.82. The van der Waals surface area contributed by atoms with Crippen LogP contribution in [-0.2, 0) is 14.8 Å². The Labute approximate surface area is 135 Å². The fraction of sp³-hybridized carbons (Fsp3) is 0.462. The summed E-state index contributed by atoms with van der Waals surface area (Å²) in [6.45, 7) is 2.01. The van der Waals surface area contributed by atoms with Crippen LogP contribution in [0.4, 0.5) is 5.69 Å². The summed E-state index contributed by atoms with van der Waals surface area (Å²) in [4.78, 5) is 12.0. The van der Waals surface area contributed by atoms with Crippen LogP contribution in [0.25, 0.3) is 0 Å². The van der Waals surface area contributed by atoms with E-state index in [4.69, 9.17) is 23.2 Å². The van der Waals surface area contributed by atoms with E-state index < -0.39 is 15.9 Å². The van der Waals surface area contributed by atoms with Crippen LogP contribution in [0.1, 0.15) is 19.8 Å². The molecular weight excluding hydrogens is 335 g/mol. The van der Waals surface area contributed by atoms with Gasteiger partial charge in [0.1, 0.15) is 0 Å². The van der Waals surface area contributed by atoms with Gasteiger partial charge in [-0.05, 0) is 18.6 Å². The highest BCUT2D eigenvalue weighted by atomic mass is 35.5. The zero-order valence-corrected chi connectivity index (χ0v) is 14.2. The molecule has 1 aromatic rings. The number of nitrogens with one attached hydrogen (secondary N) is 1. The van der Waals surface area contributed by atoms with Gasteiger partial charge in [0.2, 0.25) is 15.9 Å². The van der Waals surface area contributed by atoms with Crippen molar-refractivity contribution in [2.24, 2.45) is 0 Å². The van der Waals surface area contributed by atoms with Crippen LogP contribution in [0.2, 0.25) is 10.0 Å². The van der Waals surface area contributed by atoms with Gasteiger partial charge in [-0.25, -0.2) is 8.42 Å². The van der Waals surface area contributed by atoms with Gasteiger partial charge in [0.15, 0.2) is 0 Å². The number of carbonyl (C=O) groups is 1. The molecular formula is C13H18Cl2N2O3S. The van der Waals surface area contributed by atoms with Crippen molar-refractivity contribution in [3.8, 4) is 0 Å². The van der Waals surface area contributed by atoms with Gasteiger partial charge in [0, 0.05) is 6.54 Å². The van der Waals surface area contributed by atoms with Gasteiger partial charge >= 0.3 is 0 Å². The van der Waals surface area contributed by atoms with Crippen LogP contribution in [-0.4, -0.2) is 38.0 Å². The predicted molar refractivity (Wildman–Crippen MR) is 86.4 cm³/mol. The zero-order chi connectivity index (χ0) is 16.0. The molecule has 1 amide bonds. The lowest BCUT2D eigenvalue weighted by molar-refractivity contribution is -0.116. The van der Waals surface area contributed by atoms with Crippen molar-refractivity contribution in [1.29, 1.82) is 0 Å². The normalized spacial score (nSPS) is 11.7. The molecule has 0 bridgehead atoms. The van der Waals surface area contributed by atoms with Gasteiger partial charge in [-0.1, -0.05) is 42.6 Å². The summed E-state index contributed by atoms with van der Waals surface area (Å²) < 4.78 is 24.4. The minimum Gasteiger partial charge on any atom is -0.324 e. The molecule has 1 aromatic carbocycles. The molecule has 0 atom stereocenters. The van der Waals surface area contributed by atoms with Crippen molar-refractivity contribution in [1.82, 2.24) is 4.31 Å². The molecule has 0 fully saturated rings. The van der Waals surface area contributed by atoms with Crippen molar-refractivity contribution in [2.75, 3.05) is 24.7 Å². The Bertz CT molecular complexity index is 605. The number of amides is 1. The number of sulfonamides is 1. The molecule has 0 aliphatic carbocycles. The Morgan fingerprint density at radius 2 is 2.00 bits per heavy atom. The highest BCUT2D eigenvalue weighted by molar-refractivity contribution is 7.88. The van der Waals surface area contributed by atoms with Crippen LogP contribution in [0.3, 0.4) is 0 Å². The Hall–Kier alpha value is -0.820. The predicted octanol–water partition coefficient (Wildman–Crippen LogP) is 2.99. The van der Waals surface area contributed by atoms with Crippen molar-refractivity contribution < 1.29 is 13.2 Å². The molecule has 0 saturated carbocycles. The fourth-order valence-corrected chi connectivity index (χ4v) is 2.81. The number of rotatable bonds is 7. The van der Waals surface area contributed by atoms with Gasteiger partial charge in [-0.3, -0.25) is 4.79 Å². The largest absolute Gasteiger partial charge is 0.324 e. The molecule has 0 aliphatic heterocycles. The number of hydrogen-bond acceptors (Lipinski definition) is 3. The number of benzene rings is 1. The molecule has 8 heteroatoms. The molecule has 0 spiro atoms. The Morgan fingerprint density at radius 1 is 1.33 bits per heavy atom. The van der Waals surface area contributed by atoms with Crippen LogP contribution in [0.5, 0.6) is 0 Å². The van der Waals surface area contributed by atoms with Crippen LogP contribution in [0, 0.1) is 0 Å². The van der Waals surface area contributed by atoms with Gasteiger partial charge in [-0.2, -0.15) is 4.31 Å². The smallest absolute Gasteiger partial charge is 0.239 e. The average Bonchev–Trinajstić information content (AvgIpc) is 2.38. The molecule has 0 unspecified atom stereocenters. The fourth-order valence-electron chi connectivity index (χ4n) is 1.65. The van der Waals surface area contributed by atoms with E-state index in [0.717, 1.165) is 17.0 Å². The maximum absolute atomic E-state index is 12.0. The number of hydrogen-bond donors (Lipinski definition) is 1. The van der Waals surface area contributed by atoms with E-state index in [0.29, 0.717) is 23.7 Å². The molecule has 0 heterocycles. The van der Waals surface area contributed by atoms with Crippen LogP contribution >= 0.6 is 23.2 Å². The summed E-state index contributed by atoms with van der Waals surface area (Å²) in [5, 5.41) is 3.12. The molecule has 21 heavy (non-hydrogen) atoms. The minimum absolute atomic E-state index is 0.229. The Kier molecular flexibility index (Phi) is 6.93. The van der Waals surface area contributed by atoms with Crippen molar-refractivity contribution in [3.05, 3.63) is 28.2 Å². The monoisotopic (exact) mass is 352 g/mol. The number of nitrogens with zero attached hydrogens (tertiary/aromatic N) is 1. The van der Waals surface area contributed by atoms with E-state index in [2.05, 4.69) is 5.32 Å². The second-order valence-corrected chi connectivity index (χ2v) is 7.37. The molecule has 5 nitrogen and oxygen atoms in total. The zero-order valence-electron chi connectivity index (χ0n) is 11.9. The first-order chi connectivity index (χ1) is 9.75. The second-order valence-electron chi connectivity index (χ2n) is 4.60. The van der Waals surface area contributed by atoms with E-state index in [1.807, 2.05) is 6.92 Å². The minimum atomic E-state index is -3.43. The first-order valence-electron chi connectivity index (χ1n) is 6.44. The third-order valence-electron chi connectivity index (χ3n) is 2.78. The molecule has 1 N–H and O–H groups in total. The summed E-state index contributed by atoms with van der Waals surface area (Å²) in [5.41, 5.74) is 0.359. The Morgan fingerprint density at radius 3 is 2.57 bits per heavy atom. The highest BCUT2D eigenvalue weighted by Gasteiger charge is 2.20. The first kappa shape index (κ1) is 18.2. The molecule has 0 saturated heterocycles. The van der Waals surface area contributed by atoms with E-state index in [1.54, 1.807) is 18.2 Å². The van der Waals surface area contributed by atoms with Gasteiger partial charge in [-0.15, -0.1) is 0 Å². The lowest BCUT2D eigenvalue weighted by Gasteiger charge is -2.19. The lowest BCUT2D eigenvalue weighted by atomic mass is 10.3. The van der Waals surface area contributed by atoms with E-state index in [1.165, 1.54) is 0 Å². The maximum atomic E-state index is 12.0. The van der Waals surface area contributed by atoms with Crippen molar-refractivity contribution in [2.45, 2.75) is 19.8 Å².